The highest BCUT2D eigenvalue weighted by atomic mass is 19.3. The van der Waals surface area contributed by atoms with Gasteiger partial charge in [-0.25, -0.2) is 0 Å². The number of rotatable bonds is 7. The predicted molar refractivity (Wildman–Crippen MR) is 76.8 cm³/mol. The van der Waals surface area contributed by atoms with Crippen LogP contribution in [0.15, 0.2) is 18.2 Å². The third kappa shape index (κ3) is 5.85. The van der Waals surface area contributed by atoms with E-state index in [9.17, 15) is 13.9 Å². The molecule has 2 N–H and O–H groups in total. The Hall–Kier alpha value is -1.40. The molecule has 6 heteroatoms. The standard InChI is InChI=1S/C15H23F2NO3/c1-15(2,3)13(19)9-18-8-10-7-11(20-4)5-6-12(10)21-14(16)17/h5-7,13-14,18-19H,8-9H2,1-4H3. The molecule has 0 radical (unpaired) electrons. The number of ether oxygens (including phenoxy) is 2. The molecule has 0 aliphatic rings. The average Bonchev–Trinajstić information content (AvgIpc) is 2.38. The second-order valence-corrected chi connectivity index (χ2v) is 5.86. The van der Waals surface area contributed by atoms with Gasteiger partial charge >= 0.3 is 6.61 Å². The number of aliphatic hydroxyl groups excluding tert-OH is 1. The van der Waals surface area contributed by atoms with Crippen LogP contribution in [-0.4, -0.2) is 31.5 Å². The molecule has 1 aromatic rings. The third-order valence-corrected chi connectivity index (χ3v) is 3.14. The van der Waals surface area contributed by atoms with Gasteiger partial charge in [-0.05, 0) is 23.6 Å². The van der Waals surface area contributed by atoms with Crippen LogP contribution in [-0.2, 0) is 6.54 Å². The van der Waals surface area contributed by atoms with E-state index in [-0.39, 0.29) is 11.2 Å². The van der Waals surface area contributed by atoms with Crippen LogP contribution in [0.1, 0.15) is 26.3 Å². The Kier molecular flexibility index (Phi) is 6.36. The zero-order chi connectivity index (χ0) is 16.0. The summed E-state index contributed by atoms with van der Waals surface area (Å²) < 4.78 is 34.3. The molecule has 1 unspecified atom stereocenters. The largest absolute Gasteiger partial charge is 0.497 e. The normalized spacial score (nSPS) is 13.3. The lowest BCUT2D eigenvalue weighted by Gasteiger charge is -2.26. The molecule has 1 rings (SSSR count). The van der Waals surface area contributed by atoms with E-state index in [0.29, 0.717) is 24.4 Å². The van der Waals surface area contributed by atoms with Gasteiger partial charge in [0.05, 0.1) is 13.2 Å². The second kappa shape index (κ2) is 7.56. The molecule has 0 aliphatic heterocycles. The van der Waals surface area contributed by atoms with Gasteiger partial charge < -0.3 is 19.9 Å². The summed E-state index contributed by atoms with van der Waals surface area (Å²) in [5, 5.41) is 13.0. The van der Waals surface area contributed by atoms with Crippen molar-refractivity contribution in [3.8, 4) is 11.5 Å². The summed E-state index contributed by atoms with van der Waals surface area (Å²) in [5.41, 5.74) is 0.305. The highest BCUT2D eigenvalue weighted by molar-refractivity contribution is 5.40. The minimum absolute atomic E-state index is 0.101. The molecule has 0 amide bonds. The van der Waals surface area contributed by atoms with E-state index in [0.717, 1.165) is 0 Å². The van der Waals surface area contributed by atoms with Crippen LogP contribution >= 0.6 is 0 Å². The molecule has 0 saturated carbocycles. The zero-order valence-electron chi connectivity index (χ0n) is 12.8. The Balaban J connectivity index is 2.71. The number of nitrogens with one attached hydrogen (secondary N) is 1. The van der Waals surface area contributed by atoms with E-state index in [1.807, 2.05) is 20.8 Å². The first-order valence-corrected chi connectivity index (χ1v) is 6.74. The molecule has 0 saturated heterocycles. The van der Waals surface area contributed by atoms with Crippen molar-refractivity contribution in [1.29, 1.82) is 0 Å². The molecule has 0 spiro atoms. The van der Waals surface area contributed by atoms with Crippen LogP contribution in [0, 0.1) is 5.41 Å². The summed E-state index contributed by atoms with van der Waals surface area (Å²) in [6, 6.07) is 4.64. The number of alkyl halides is 2. The number of hydrogen-bond donors (Lipinski definition) is 2. The third-order valence-electron chi connectivity index (χ3n) is 3.14. The van der Waals surface area contributed by atoms with Crippen LogP contribution in [0.2, 0.25) is 0 Å². The maximum Gasteiger partial charge on any atom is 0.387 e. The van der Waals surface area contributed by atoms with Gasteiger partial charge in [0.15, 0.2) is 0 Å². The van der Waals surface area contributed by atoms with Crippen LogP contribution in [0.25, 0.3) is 0 Å². The molecule has 1 atom stereocenters. The van der Waals surface area contributed by atoms with Gasteiger partial charge in [0.1, 0.15) is 11.5 Å². The Bertz CT molecular complexity index is 447. The highest BCUT2D eigenvalue weighted by Gasteiger charge is 2.21. The Morgan fingerprint density at radius 1 is 1.29 bits per heavy atom. The molecule has 4 nitrogen and oxygen atoms in total. The van der Waals surface area contributed by atoms with Gasteiger partial charge in [-0.15, -0.1) is 0 Å². The fraction of sp³-hybridized carbons (Fsp3) is 0.600. The first kappa shape index (κ1) is 17.7. The molecule has 0 aliphatic carbocycles. The van der Waals surface area contributed by atoms with Crippen LogP contribution in [0.3, 0.4) is 0 Å². The molecular formula is C15H23F2NO3. The van der Waals surface area contributed by atoms with Crippen LogP contribution < -0.4 is 14.8 Å². The van der Waals surface area contributed by atoms with Crippen molar-refractivity contribution in [3.05, 3.63) is 23.8 Å². The van der Waals surface area contributed by atoms with Gasteiger partial charge in [-0.1, -0.05) is 20.8 Å². The quantitative estimate of drug-likeness (QED) is 0.813. The molecule has 1 aromatic carbocycles. The maximum absolute atomic E-state index is 12.4. The molecule has 0 fully saturated rings. The second-order valence-electron chi connectivity index (χ2n) is 5.86. The molecule has 21 heavy (non-hydrogen) atoms. The van der Waals surface area contributed by atoms with Crippen molar-refractivity contribution in [1.82, 2.24) is 5.32 Å². The summed E-state index contributed by atoms with van der Waals surface area (Å²) >= 11 is 0. The molecule has 0 aromatic heterocycles. The smallest absolute Gasteiger partial charge is 0.387 e. The van der Waals surface area contributed by atoms with Gasteiger partial charge in [0.2, 0.25) is 0 Å². The maximum atomic E-state index is 12.4. The lowest BCUT2D eigenvalue weighted by molar-refractivity contribution is -0.0505. The van der Waals surface area contributed by atoms with Gasteiger partial charge in [0.25, 0.3) is 0 Å². The van der Waals surface area contributed by atoms with Crippen molar-refractivity contribution in [2.24, 2.45) is 5.41 Å². The monoisotopic (exact) mass is 303 g/mol. The summed E-state index contributed by atoms with van der Waals surface area (Å²) in [5.74, 6) is 0.660. The highest BCUT2D eigenvalue weighted by Crippen LogP contribution is 2.26. The number of methoxy groups -OCH3 is 1. The molecule has 0 heterocycles. The summed E-state index contributed by atoms with van der Waals surface area (Å²) in [6.07, 6.45) is -0.539. The van der Waals surface area contributed by atoms with Gasteiger partial charge in [0, 0.05) is 18.7 Å². The van der Waals surface area contributed by atoms with E-state index in [1.165, 1.54) is 13.2 Å². The van der Waals surface area contributed by atoms with E-state index < -0.39 is 12.7 Å². The molecule has 0 bridgehead atoms. The zero-order valence-corrected chi connectivity index (χ0v) is 12.8. The molecular weight excluding hydrogens is 280 g/mol. The minimum atomic E-state index is -2.88. The average molecular weight is 303 g/mol. The summed E-state index contributed by atoms with van der Waals surface area (Å²) in [6.45, 7) is 3.56. The van der Waals surface area contributed by atoms with Crippen molar-refractivity contribution < 1.29 is 23.4 Å². The Morgan fingerprint density at radius 3 is 2.48 bits per heavy atom. The Morgan fingerprint density at radius 2 is 1.95 bits per heavy atom. The van der Waals surface area contributed by atoms with Crippen LogP contribution in [0.5, 0.6) is 11.5 Å². The number of hydrogen-bond acceptors (Lipinski definition) is 4. The number of benzene rings is 1. The van der Waals surface area contributed by atoms with Crippen molar-refractivity contribution >= 4 is 0 Å². The van der Waals surface area contributed by atoms with Crippen LogP contribution in [0.4, 0.5) is 8.78 Å². The topological polar surface area (TPSA) is 50.7 Å². The lowest BCUT2D eigenvalue weighted by atomic mass is 9.89. The first-order chi connectivity index (χ1) is 9.74. The number of halogens is 2. The van der Waals surface area contributed by atoms with Gasteiger partial charge in [-0.3, -0.25) is 0 Å². The fourth-order valence-corrected chi connectivity index (χ4v) is 1.68. The summed E-state index contributed by atoms with van der Waals surface area (Å²) in [7, 11) is 1.50. The van der Waals surface area contributed by atoms with Crippen molar-refractivity contribution in [3.63, 3.8) is 0 Å². The first-order valence-electron chi connectivity index (χ1n) is 6.74. The van der Waals surface area contributed by atoms with Gasteiger partial charge in [-0.2, -0.15) is 8.78 Å². The van der Waals surface area contributed by atoms with Crippen molar-refractivity contribution in [2.75, 3.05) is 13.7 Å². The van der Waals surface area contributed by atoms with E-state index in [4.69, 9.17) is 4.74 Å². The fourth-order valence-electron chi connectivity index (χ4n) is 1.68. The molecule has 120 valence electrons. The van der Waals surface area contributed by atoms with E-state index in [1.54, 1.807) is 12.1 Å². The minimum Gasteiger partial charge on any atom is -0.497 e. The van der Waals surface area contributed by atoms with E-state index >= 15 is 0 Å². The predicted octanol–water partition coefficient (Wildman–Crippen LogP) is 2.79. The van der Waals surface area contributed by atoms with Crippen molar-refractivity contribution in [2.45, 2.75) is 40.0 Å². The summed E-state index contributed by atoms with van der Waals surface area (Å²) in [4.78, 5) is 0. The lowest BCUT2D eigenvalue weighted by Crippen LogP contribution is -2.36. The van der Waals surface area contributed by atoms with E-state index in [2.05, 4.69) is 10.1 Å². The SMILES string of the molecule is COc1ccc(OC(F)F)c(CNCC(O)C(C)(C)C)c1. The Labute approximate surface area is 124 Å². The number of aliphatic hydroxyl groups is 1.